The molecule has 0 aliphatic carbocycles. The van der Waals surface area contributed by atoms with Crippen molar-refractivity contribution in [3.63, 3.8) is 0 Å². The van der Waals surface area contributed by atoms with Crippen LogP contribution >= 0.6 is 12.4 Å². The molecular weight excluding hydrogens is 316 g/mol. The molecule has 130 valence electrons. The molecule has 0 aliphatic rings. The Morgan fingerprint density at radius 3 is 2.30 bits per heavy atom. The van der Waals surface area contributed by atoms with Gasteiger partial charge in [0.1, 0.15) is 6.04 Å². The second kappa shape index (κ2) is 11.0. The Morgan fingerprint density at radius 1 is 1.17 bits per heavy atom. The maximum atomic E-state index is 12.1. The number of halogens is 1. The van der Waals surface area contributed by atoms with Crippen molar-refractivity contribution < 1.29 is 14.7 Å². The first kappa shape index (κ1) is 21.4. The smallest absolute Gasteiger partial charge is 0.320 e. The van der Waals surface area contributed by atoms with E-state index in [9.17, 15) is 9.59 Å². The first-order valence-corrected chi connectivity index (χ1v) is 7.77. The number of carbonyl (C=O) groups is 2. The number of hydrogen-bond donors (Lipinski definition) is 3. The van der Waals surface area contributed by atoms with Gasteiger partial charge in [0, 0.05) is 6.54 Å². The average Bonchev–Trinajstić information content (AvgIpc) is 2.52. The minimum absolute atomic E-state index is 0. The number of carbonyl (C=O) groups excluding carboxylic acids is 1. The molecule has 1 rings (SSSR count). The van der Waals surface area contributed by atoms with Crippen molar-refractivity contribution >= 4 is 24.3 Å². The molecule has 0 heterocycles. The zero-order chi connectivity index (χ0) is 16.5. The van der Waals surface area contributed by atoms with Gasteiger partial charge in [-0.05, 0) is 24.8 Å². The highest BCUT2D eigenvalue weighted by atomic mass is 35.5. The lowest BCUT2D eigenvalue weighted by Crippen LogP contribution is -2.49. The van der Waals surface area contributed by atoms with Crippen molar-refractivity contribution in [1.29, 1.82) is 0 Å². The van der Waals surface area contributed by atoms with Crippen LogP contribution in [0.5, 0.6) is 0 Å². The van der Waals surface area contributed by atoms with E-state index >= 15 is 0 Å². The first-order chi connectivity index (χ1) is 10.5. The number of carboxylic acid groups (broad SMARTS) is 1. The molecular formula is C17H27ClN2O3. The molecule has 0 saturated heterocycles. The standard InChI is InChI=1S/C17H26N2O3.ClH/c1-4-8-15(17(21)22)19-13(3)16(20)18-11-12(2)14-9-6-5-7-10-14;/h5-7,9-10,12-13,15,19H,4,8,11H2,1-3H3,(H,18,20)(H,21,22);1H. The predicted molar refractivity (Wildman–Crippen MR) is 94.0 cm³/mol. The van der Waals surface area contributed by atoms with Crippen LogP contribution in [0, 0.1) is 0 Å². The van der Waals surface area contributed by atoms with Gasteiger partial charge in [0.2, 0.25) is 5.91 Å². The molecule has 0 saturated carbocycles. The van der Waals surface area contributed by atoms with E-state index in [0.29, 0.717) is 13.0 Å². The van der Waals surface area contributed by atoms with Gasteiger partial charge in [-0.15, -0.1) is 12.4 Å². The third-order valence-corrected chi connectivity index (χ3v) is 3.67. The maximum absolute atomic E-state index is 12.1. The third kappa shape index (κ3) is 7.48. The molecule has 0 spiro atoms. The second-order valence-corrected chi connectivity index (χ2v) is 5.62. The molecule has 1 amide bonds. The van der Waals surface area contributed by atoms with Crippen LogP contribution in [0.25, 0.3) is 0 Å². The van der Waals surface area contributed by atoms with E-state index in [4.69, 9.17) is 5.11 Å². The van der Waals surface area contributed by atoms with Crippen molar-refractivity contribution in [2.24, 2.45) is 0 Å². The molecule has 3 atom stereocenters. The summed E-state index contributed by atoms with van der Waals surface area (Å²) in [5.41, 5.74) is 1.16. The van der Waals surface area contributed by atoms with Crippen LogP contribution in [0.3, 0.4) is 0 Å². The van der Waals surface area contributed by atoms with Crippen molar-refractivity contribution in [3.05, 3.63) is 35.9 Å². The fourth-order valence-corrected chi connectivity index (χ4v) is 2.25. The van der Waals surface area contributed by atoms with E-state index in [1.165, 1.54) is 0 Å². The number of amides is 1. The van der Waals surface area contributed by atoms with Gasteiger partial charge in [0.25, 0.3) is 0 Å². The lowest BCUT2D eigenvalue weighted by Gasteiger charge is -2.20. The molecule has 1 aromatic carbocycles. The Kier molecular flexibility index (Phi) is 10.3. The van der Waals surface area contributed by atoms with Crippen LogP contribution in [-0.2, 0) is 9.59 Å². The molecule has 0 bridgehead atoms. The van der Waals surface area contributed by atoms with E-state index in [0.717, 1.165) is 12.0 Å². The number of rotatable bonds is 9. The Bertz CT molecular complexity index is 482. The molecule has 5 nitrogen and oxygen atoms in total. The monoisotopic (exact) mass is 342 g/mol. The van der Waals surface area contributed by atoms with Crippen LogP contribution in [0.1, 0.15) is 45.1 Å². The second-order valence-electron chi connectivity index (χ2n) is 5.62. The van der Waals surface area contributed by atoms with E-state index in [1.54, 1.807) is 6.92 Å². The maximum Gasteiger partial charge on any atom is 0.320 e. The predicted octanol–water partition coefficient (Wildman–Crippen LogP) is 2.56. The quantitative estimate of drug-likeness (QED) is 0.644. The largest absolute Gasteiger partial charge is 0.480 e. The normalized spacial score (nSPS) is 14.2. The molecule has 0 radical (unpaired) electrons. The summed E-state index contributed by atoms with van der Waals surface area (Å²) >= 11 is 0. The first-order valence-electron chi connectivity index (χ1n) is 7.77. The van der Waals surface area contributed by atoms with Crippen molar-refractivity contribution in [2.45, 2.75) is 51.6 Å². The fraction of sp³-hybridized carbons (Fsp3) is 0.529. The van der Waals surface area contributed by atoms with Gasteiger partial charge < -0.3 is 10.4 Å². The van der Waals surface area contributed by atoms with Crippen molar-refractivity contribution in [3.8, 4) is 0 Å². The molecule has 3 unspecified atom stereocenters. The summed E-state index contributed by atoms with van der Waals surface area (Å²) < 4.78 is 0. The summed E-state index contributed by atoms with van der Waals surface area (Å²) in [4.78, 5) is 23.2. The molecule has 1 aromatic rings. The van der Waals surface area contributed by atoms with E-state index in [2.05, 4.69) is 10.6 Å². The summed E-state index contributed by atoms with van der Waals surface area (Å²) in [6.07, 6.45) is 1.26. The van der Waals surface area contributed by atoms with Gasteiger partial charge in [0.05, 0.1) is 6.04 Å². The Balaban J connectivity index is 0.00000484. The molecule has 0 fully saturated rings. The van der Waals surface area contributed by atoms with Gasteiger partial charge >= 0.3 is 5.97 Å². The Morgan fingerprint density at radius 2 is 1.78 bits per heavy atom. The average molecular weight is 343 g/mol. The third-order valence-electron chi connectivity index (χ3n) is 3.67. The summed E-state index contributed by atoms with van der Waals surface area (Å²) in [5.74, 6) is -0.882. The summed E-state index contributed by atoms with van der Waals surface area (Å²) in [5, 5.41) is 14.8. The summed E-state index contributed by atoms with van der Waals surface area (Å²) in [7, 11) is 0. The number of benzene rings is 1. The van der Waals surface area contributed by atoms with Gasteiger partial charge in [-0.1, -0.05) is 50.6 Å². The lowest BCUT2D eigenvalue weighted by molar-refractivity contribution is -0.140. The zero-order valence-electron chi connectivity index (χ0n) is 13.9. The Hall–Kier alpha value is -1.59. The van der Waals surface area contributed by atoms with Crippen LogP contribution in [-0.4, -0.2) is 35.6 Å². The van der Waals surface area contributed by atoms with Crippen LogP contribution < -0.4 is 10.6 Å². The van der Waals surface area contributed by atoms with Crippen LogP contribution in [0.4, 0.5) is 0 Å². The topological polar surface area (TPSA) is 78.4 Å². The molecule has 0 aliphatic heterocycles. The molecule has 3 N–H and O–H groups in total. The molecule has 0 aromatic heterocycles. The van der Waals surface area contributed by atoms with Crippen molar-refractivity contribution in [1.82, 2.24) is 10.6 Å². The van der Waals surface area contributed by atoms with Crippen molar-refractivity contribution in [2.75, 3.05) is 6.54 Å². The number of aliphatic carboxylic acids is 1. The van der Waals surface area contributed by atoms with Gasteiger partial charge in [-0.2, -0.15) is 0 Å². The van der Waals surface area contributed by atoms with Gasteiger partial charge in [0.15, 0.2) is 0 Å². The molecule has 23 heavy (non-hydrogen) atoms. The van der Waals surface area contributed by atoms with E-state index < -0.39 is 18.1 Å². The highest BCUT2D eigenvalue weighted by Gasteiger charge is 2.22. The highest BCUT2D eigenvalue weighted by Crippen LogP contribution is 2.13. The van der Waals surface area contributed by atoms with Crippen LogP contribution in [0.15, 0.2) is 30.3 Å². The fourth-order valence-electron chi connectivity index (χ4n) is 2.25. The van der Waals surface area contributed by atoms with Gasteiger partial charge in [-0.3, -0.25) is 14.9 Å². The number of hydrogen-bond acceptors (Lipinski definition) is 3. The van der Waals surface area contributed by atoms with Crippen LogP contribution in [0.2, 0.25) is 0 Å². The van der Waals surface area contributed by atoms with E-state index in [-0.39, 0.29) is 24.2 Å². The minimum Gasteiger partial charge on any atom is -0.480 e. The lowest BCUT2D eigenvalue weighted by atomic mass is 10.0. The molecule has 6 heteroatoms. The summed E-state index contributed by atoms with van der Waals surface area (Å²) in [6.45, 7) is 6.18. The number of nitrogens with one attached hydrogen (secondary N) is 2. The van der Waals surface area contributed by atoms with E-state index in [1.807, 2.05) is 44.2 Å². The van der Waals surface area contributed by atoms with Gasteiger partial charge in [-0.25, -0.2) is 0 Å². The SMILES string of the molecule is CCCC(NC(C)C(=O)NCC(C)c1ccccc1)C(=O)O.Cl. The Labute approximate surface area is 144 Å². The number of carboxylic acids is 1. The summed E-state index contributed by atoms with van der Waals surface area (Å²) in [6, 6.07) is 8.74. The highest BCUT2D eigenvalue weighted by molar-refractivity contribution is 5.85. The zero-order valence-corrected chi connectivity index (χ0v) is 14.7. The minimum atomic E-state index is -0.917.